The van der Waals surface area contributed by atoms with E-state index in [2.05, 4.69) is 32.0 Å². The molecule has 172 valence electrons. The van der Waals surface area contributed by atoms with Gasteiger partial charge in [0.2, 0.25) is 0 Å². The molecule has 0 radical (unpaired) electrons. The molecular formula is C27H40O4. The van der Waals surface area contributed by atoms with Crippen LogP contribution in [0.2, 0.25) is 0 Å². The van der Waals surface area contributed by atoms with Gasteiger partial charge in [0.15, 0.2) is 0 Å². The van der Waals surface area contributed by atoms with Gasteiger partial charge in [0.1, 0.15) is 11.5 Å². The highest BCUT2D eigenvalue weighted by Gasteiger charge is 2.58. The van der Waals surface area contributed by atoms with Crippen molar-refractivity contribution in [3.8, 4) is 5.75 Å². The first kappa shape index (κ1) is 23.8. The van der Waals surface area contributed by atoms with Crippen LogP contribution >= 0.6 is 0 Å². The maximum Gasteiger partial charge on any atom is 0.303 e. The maximum absolute atomic E-state index is 13.0. The SMILES string of the molecule is CCC(=O)O.CCCCCC1CC(=O)C2(C)CCC3c4ccc(OC)cc4CCC3C12. The molecule has 5 unspecified atom stereocenters. The van der Waals surface area contributed by atoms with E-state index in [0.29, 0.717) is 29.5 Å². The maximum atomic E-state index is 13.0. The van der Waals surface area contributed by atoms with E-state index in [9.17, 15) is 9.59 Å². The molecule has 0 aromatic heterocycles. The summed E-state index contributed by atoms with van der Waals surface area (Å²) in [7, 11) is 1.75. The third kappa shape index (κ3) is 4.83. The summed E-state index contributed by atoms with van der Waals surface area (Å²) < 4.78 is 5.44. The summed E-state index contributed by atoms with van der Waals surface area (Å²) in [4.78, 5) is 22.3. The van der Waals surface area contributed by atoms with Crippen molar-refractivity contribution in [3.63, 3.8) is 0 Å². The Morgan fingerprint density at radius 1 is 1.23 bits per heavy atom. The molecule has 5 atom stereocenters. The van der Waals surface area contributed by atoms with Crippen molar-refractivity contribution in [1.29, 1.82) is 0 Å². The lowest BCUT2D eigenvalue weighted by Crippen LogP contribution is -2.44. The molecule has 4 heteroatoms. The van der Waals surface area contributed by atoms with Crippen LogP contribution in [-0.4, -0.2) is 24.0 Å². The number of fused-ring (bicyclic) bond motifs is 5. The van der Waals surface area contributed by atoms with Crippen LogP contribution in [-0.2, 0) is 16.0 Å². The second-order valence-electron chi connectivity index (χ2n) is 9.99. The van der Waals surface area contributed by atoms with Crippen molar-refractivity contribution in [2.24, 2.45) is 23.2 Å². The van der Waals surface area contributed by atoms with Crippen LogP contribution in [0.5, 0.6) is 5.75 Å². The minimum atomic E-state index is -0.745. The number of hydrogen-bond donors (Lipinski definition) is 1. The Balaban J connectivity index is 0.000000491. The van der Waals surface area contributed by atoms with Gasteiger partial charge in [0.05, 0.1) is 7.11 Å². The lowest BCUT2D eigenvalue weighted by Gasteiger charge is -2.50. The smallest absolute Gasteiger partial charge is 0.303 e. The number of unbranched alkanes of at least 4 members (excludes halogenated alkanes) is 2. The Morgan fingerprint density at radius 2 is 1.97 bits per heavy atom. The predicted molar refractivity (Wildman–Crippen MR) is 124 cm³/mol. The van der Waals surface area contributed by atoms with E-state index in [0.717, 1.165) is 25.0 Å². The molecule has 0 amide bonds. The average molecular weight is 429 g/mol. The van der Waals surface area contributed by atoms with Crippen molar-refractivity contribution in [2.75, 3.05) is 7.11 Å². The molecule has 1 aromatic rings. The molecule has 0 spiro atoms. The molecule has 0 saturated heterocycles. The van der Waals surface area contributed by atoms with Gasteiger partial charge in [-0.15, -0.1) is 0 Å². The van der Waals surface area contributed by atoms with Gasteiger partial charge in [-0.25, -0.2) is 0 Å². The zero-order valence-electron chi connectivity index (χ0n) is 19.8. The number of aliphatic carboxylic acids is 1. The standard InChI is InChI=1S/C24H34O2.C3H6O2/c1-4-5-6-7-17-15-22(25)24(2)13-12-20-19-11-9-18(26-3)14-16(19)8-10-21(20)23(17)24;1-2-3(4)5/h9,11,14,17,20-21,23H,4-8,10,12-13,15H2,1-3H3;2H2,1H3,(H,4,5). The number of carboxylic acids is 1. The summed E-state index contributed by atoms with van der Waals surface area (Å²) in [5.74, 6) is 3.41. The van der Waals surface area contributed by atoms with Crippen LogP contribution in [0, 0.1) is 23.2 Å². The third-order valence-electron chi connectivity index (χ3n) is 8.26. The fraction of sp³-hybridized carbons (Fsp3) is 0.704. The average Bonchev–Trinajstić information content (AvgIpc) is 3.03. The van der Waals surface area contributed by atoms with E-state index in [-0.39, 0.29) is 11.8 Å². The molecule has 1 aromatic carbocycles. The summed E-state index contributed by atoms with van der Waals surface area (Å²) in [6.45, 7) is 6.18. The highest BCUT2D eigenvalue weighted by atomic mass is 16.5. The number of carboxylic acid groups (broad SMARTS) is 1. The third-order valence-corrected chi connectivity index (χ3v) is 8.26. The number of Topliss-reactive ketones (excluding diaryl/α,β-unsaturated/α-hetero) is 1. The number of hydrogen-bond acceptors (Lipinski definition) is 3. The summed E-state index contributed by atoms with van der Waals surface area (Å²) in [6.07, 6.45) is 10.9. The molecule has 0 aliphatic heterocycles. The second-order valence-corrected chi connectivity index (χ2v) is 9.99. The van der Waals surface area contributed by atoms with Gasteiger partial charge in [0, 0.05) is 18.3 Å². The monoisotopic (exact) mass is 428 g/mol. The molecule has 2 fully saturated rings. The first-order valence-electron chi connectivity index (χ1n) is 12.3. The van der Waals surface area contributed by atoms with Crippen LogP contribution in [0.1, 0.15) is 95.6 Å². The van der Waals surface area contributed by atoms with Crippen LogP contribution < -0.4 is 4.74 Å². The van der Waals surface area contributed by atoms with Crippen molar-refractivity contribution in [3.05, 3.63) is 29.3 Å². The normalized spacial score (nSPS) is 31.0. The number of carbonyl (C=O) groups is 2. The molecule has 0 bridgehead atoms. The number of aryl methyl sites for hydroxylation is 1. The Bertz CT molecular complexity index is 785. The van der Waals surface area contributed by atoms with Gasteiger partial charge in [-0.1, -0.05) is 46.1 Å². The van der Waals surface area contributed by atoms with Crippen molar-refractivity contribution >= 4 is 11.8 Å². The fourth-order valence-corrected chi connectivity index (χ4v) is 6.67. The number of carbonyl (C=O) groups excluding carboxylic acids is 1. The van der Waals surface area contributed by atoms with Gasteiger partial charge in [-0.3, -0.25) is 9.59 Å². The number of benzene rings is 1. The largest absolute Gasteiger partial charge is 0.497 e. The van der Waals surface area contributed by atoms with Crippen LogP contribution in [0.3, 0.4) is 0 Å². The zero-order chi connectivity index (χ0) is 22.6. The van der Waals surface area contributed by atoms with Crippen LogP contribution in [0.25, 0.3) is 0 Å². The zero-order valence-corrected chi connectivity index (χ0v) is 19.8. The number of rotatable bonds is 6. The minimum Gasteiger partial charge on any atom is -0.497 e. The van der Waals surface area contributed by atoms with Crippen molar-refractivity contribution in [1.82, 2.24) is 0 Å². The van der Waals surface area contributed by atoms with Gasteiger partial charge in [0.25, 0.3) is 0 Å². The number of ketones is 1. The predicted octanol–water partition coefficient (Wildman–Crippen LogP) is 6.41. The van der Waals surface area contributed by atoms with E-state index in [4.69, 9.17) is 9.84 Å². The molecule has 3 aliphatic rings. The molecule has 3 aliphatic carbocycles. The molecular weight excluding hydrogens is 388 g/mol. The highest BCUT2D eigenvalue weighted by molar-refractivity contribution is 5.87. The quantitative estimate of drug-likeness (QED) is 0.532. The van der Waals surface area contributed by atoms with Crippen molar-refractivity contribution in [2.45, 2.75) is 90.9 Å². The van der Waals surface area contributed by atoms with Crippen molar-refractivity contribution < 1.29 is 19.4 Å². The van der Waals surface area contributed by atoms with Gasteiger partial charge < -0.3 is 9.84 Å². The first-order valence-corrected chi connectivity index (χ1v) is 12.3. The number of methoxy groups -OCH3 is 1. The van der Waals surface area contributed by atoms with E-state index >= 15 is 0 Å². The van der Waals surface area contributed by atoms with Gasteiger partial charge >= 0.3 is 5.97 Å². The fourth-order valence-electron chi connectivity index (χ4n) is 6.67. The summed E-state index contributed by atoms with van der Waals surface area (Å²) in [6, 6.07) is 6.70. The topological polar surface area (TPSA) is 63.6 Å². The Hall–Kier alpha value is -1.84. The van der Waals surface area contributed by atoms with E-state index < -0.39 is 5.97 Å². The lowest BCUT2D eigenvalue weighted by molar-refractivity contribution is -0.136. The van der Waals surface area contributed by atoms with E-state index in [1.54, 1.807) is 19.6 Å². The van der Waals surface area contributed by atoms with E-state index in [1.807, 2.05) is 0 Å². The molecule has 4 nitrogen and oxygen atoms in total. The van der Waals surface area contributed by atoms with Crippen LogP contribution in [0.15, 0.2) is 18.2 Å². The molecule has 4 rings (SSSR count). The summed E-state index contributed by atoms with van der Waals surface area (Å²) in [5, 5.41) is 7.72. The van der Waals surface area contributed by atoms with Gasteiger partial charge in [-0.05, 0) is 79.0 Å². The van der Waals surface area contributed by atoms with Gasteiger partial charge in [-0.2, -0.15) is 0 Å². The first-order chi connectivity index (χ1) is 14.8. The highest BCUT2D eigenvalue weighted by Crippen LogP contribution is 2.62. The Kier molecular flexibility index (Phi) is 7.82. The molecule has 1 N–H and O–H groups in total. The molecule has 2 saturated carbocycles. The summed E-state index contributed by atoms with van der Waals surface area (Å²) >= 11 is 0. The minimum absolute atomic E-state index is 0.0397. The number of ether oxygens (including phenoxy) is 1. The molecule has 31 heavy (non-hydrogen) atoms. The second kappa shape index (κ2) is 10.2. The lowest BCUT2D eigenvalue weighted by atomic mass is 9.54. The van der Waals surface area contributed by atoms with Crippen LogP contribution in [0.4, 0.5) is 0 Å². The summed E-state index contributed by atoms with van der Waals surface area (Å²) in [5.41, 5.74) is 3.00. The Labute approximate surface area is 187 Å². The van der Waals surface area contributed by atoms with E-state index in [1.165, 1.54) is 44.1 Å². The molecule has 0 heterocycles. The Morgan fingerprint density at radius 3 is 2.61 bits per heavy atom.